The third kappa shape index (κ3) is 4.89. The zero-order valence-electron chi connectivity index (χ0n) is 20.1. The van der Waals surface area contributed by atoms with Gasteiger partial charge in [0.2, 0.25) is 0 Å². The van der Waals surface area contributed by atoms with Gasteiger partial charge in [-0.05, 0) is 55.0 Å². The number of furan rings is 1. The number of amides is 1. The topological polar surface area (TPSA) is 80.0 Å². The quantitative estimate of drug-likeness (QED) is 0.195. The third-order valence-electron chi connectivity index (χ3n) is 6.26. The average molecular weight is 498 g/mol. The highest BCUT2D eigenvalue weighted by Gasteiger charge is 2.47. The van der Waals surface area contributed by atoms with Crippen LogP contribution in [0.2, 0.25) is 0 Å². The molecule has 1 atom stereocenters. The summed E-state index contributed by atoms with van der Waals surface area (Å²) in [6, 6.07) is 22.6. The van der Waals surface area contributed by atoms with Gasteiger partial charge < -0.3 is 19.2 Å². The fourth-order valence-corrected chi connectivity index (χ4v) is 4.47. The second-order valence-corrected chi connectivity index (χ2v) is 8.83. The zero-order valence-corrected chi connectivity index (χ0v) is 20.1. The number of halogens is 1. The molecule has 1 aliphatic rings. The lowest BCUT2D eigenvalue weighted by molar-refractivity contribution is -0.140. The van der Waals surface area contributed by atoms with Crippen molar-refractivity contribution in [2.24, 2.45) is 0 Å². The fourth-order valence-electron chi connectivity index (χ4n) is 4.47. The van der Waals surface area contributed by atoms with Gasteiger partial charge in [-0.15, -0.1) is 0 Å². The summed E-state index contributed by atoms with van der Waals surface area (Å²) < 4.78 is 26.1. The van der Waals surface area contributed by atoms with Gasteiger partial charge >= 0.3 is 0 Å². The van der Waals surface area contributed by atoms with Gasteiger partial charge in [-0.3, -0.25) is 9.59 Å². The van der Waals surface area contributed by atoms with Crippen LogP contribution in [0.25, 0.3) is 5.76 Å². The molecule has 4 aromatic rings. The third-order valence-corrected chi connectivity index (χ3v) is 6.26. The van der Waals surface area contributed by atoms with E-state index < -0.39 is 29.3 Å². The molecule has 2 heterocycles. The van der Waals surface area contributed by atoms with Gasteiger partial charge in [0.1, 0.15) is 29.7 Å². The Hall–Kier alpha value is -4.65. The van der Waals surface area contributed by atoms with Crippen LogP contribution in [-0.4, -0.2) is 21.7 Å². The van der Waals surface area contributed by atoms with Crippen LogP contribution < -0.4 is 4.74 Å². The lowest BCUT2D eigenvalue weighted by Gasteiger charge is -2.24. The Morgan fingerprint density at radius 2 is 1.78 bits per heavy atom. The molecule has 1 unspecified atom stereocenters. The highest BCUT2D eigenvalue weighted by molar-refractivity contribution is 6.46. The van der Waals surface area contributed by atoms with Crippen molar-refractivity contribution in [1.82, 2.24) is 4.90 Å². The van der Waals surface area contributed by atoms with Crippen LogP contribution in [-0.2, 0) is 22.7 Å². The van der Waals surface area contributed by atoms with E-state index in [1.54, 1.807) is 42.5 Å². The van der Waals surface area contributed by atoms with Gasteiger partial charge in [-0.2, -0.15) is 0 Å². The van der Waals surface area contributed by atoms with E-state index in [9.17, 15) is 19.1 Å². The molecule has 0 radical (unpaired) electrons. The van der Waals surface area contributed by atoms with Crippen molar-refractivity contribution < 1.29 is 28.2 Å². The number of carbonyl (C=O) groups excluding carboxylic acids is 2. The monoisotopic (exact) mass is 497 g/mol. The molecule has 1 fully saturated rings. The number of likely N-dealkylation sites (tertiary alicyclic amines) is 1. The van der Waals surface area contributed by atoms with Crippen molar-refractivity contribution in [3.05, 3.63) is 131 Å². The van der Waals surface area contributed by atoms with E-state index >= 15 is 0 Å². The molecule has 7 heteroatoms. The number of aryl methyl sites for hydroxylation is 1. The van der Waals surface area contributed by atoms with Crippen molar-refractivity contribution >= 4 is 17.4 Å². The Balaban J connectivity index is 1.48. The molecule has 1 aromatic heterocycles. The summed E-state index contributed by atoms with van der Waals surface area (Å²) in [5, 5.41) is 11.2. The van der Waals surface area contributed by atoms with E-state index in [2.05, 4.69) is 0 Å². The minimum atomic E-state index is -1.12. The highest BCUT2D eigenvalue weighted by Crippen LogP contribution is 2.41. The molecule has 0 aliphatic carbocycles. The van der Waals surface area contributed by atoms with E-state index in [4.69, 9.17) is 9.15 Å². The van der Waals surface area contributed by atoms with Gasteiger partial charge in [-0.25, -0.2) is 4.39 Å². The number of nitrogens with zero attached hydrogens (tertiary/aromatic N) is 1. The second-order valence-electron chi connectivity index (χ2n) is 8.83. The number of rotatable bonds is 7. The number of ketones is 1. The van der Waals surface area contributed by atoms with Gasteiger partial charge in [0.05, 0.1) is 24.4 Å². The minimum Gasteiger partial charge on any atom is -0.507 e. The number of carbonyl (C=O) groups is 2. The Labute approximate surface area is 213 Å². The van der Waals surface area contributed by atoms with Gasteiger partial charge in [0.15, 0.2) is 0 Å². The van der Waals surface area contributed by atoms with Crippen molar-refractivity contribution in [3.63, 3.8) is 0 Å². The number of benzene rings is 3. The largest absolute Gasteiger partial charge is 0.507 e. The molecule has 1 N–H and O–H groups in total. The average Bonchev–Trinajstić information content (AvgIpc) is 3.50. The number of ether oxygens (including phenoxy) is 1. The Morgan fingerprint density at radius 3 is 2.49 bits per heavy atom. The fraction of sp³-hybridized carbons (Fsp3) is 0.133. The zero-order chi connectivity index (χ0) is 25.9. The number of hydrogen-bond acceptors (Lipinski definition) is 5. The molecule has 186 valence electrons. The van der Waals surface area contributed by atoms with Crippen LogP contribution in [0.15, 0.2) is 101 Å². The predicted molar refractivity (Wildman–Crippen MR) is 135 cm³/mol. The summed E-state index contributed by atoms with van der Waals surface area (Å²) in [7, 11) is 0. The lowest BCUT2D eigenvalue weighted by atomic mass is 9.95. The number of hydrogen-bond donors (Lipinski definition) is 1. The smallest absolute Gasteiger partial charge is 0.296 e. The first-order valence-corrected chi connectivity index (χ1v) is 11.8. The molecule has 37 heavy (non-hydrogen) atoms. The van der Waals surface area contributed by atoms with E-state index in [1.165, 1.54) is 29.4 Å². The minimum absolute atomic E-state index is 0.0565. The summed E-state index contributed by atoms with van der Waals surface area (Å²) in [5.41, 5.74) is 2.38. The van der Waals surface area contributed by atoms with Crippen LogP contribution in [0.3, 0.4) is 0 Å². The van der Waals surface area contributed by atoms with E-state index in [-0.39, 0.29) is 17.7 Å². The molecule has 0 bridgehead atoms. The summed E-state index contributed by atoms with van der Waals surface area (Å²) >= 11 is 0. The maximum atomic E-state index is 14.9. The van der Waals surface area contributed by atoms with Gasteiger partial charge in [0.25, 0.3) is 11.7 Å². The first-order chi connectivity index (χ1) is 17.9. The van der Waals surface area contributed by atoms with Gasteiger partial charge in [0, 0.05) is 11.1 Å². The molecule has 1 aliphatic heterocycles. The SMILES string of the molecule is Cc1cccc(COc2ccc(C(O)=C3C(=O)C(=O)N(Cc4ccco4)C3c3ccccc3F)cc2)c1. The molecule has 6 nitrogen and oxygen atoms in total. The highest BCUT2D eigenvalue weighted by atomic mass is 19.1. The number of Topliss-reactive ketones (excluding diaryl/α,β-unsaturated/α-hetero) is 1. The standard InChI is InChI=1S/C30H24FNO5/c1-19-6-4-7-20(16-19)18-37-22-13-11-21(12-14-22)28(33)26-27(24-9-2-3-10-25(24)31)32(30(35)29(26)34)17-23-8-5-15-36-23/h2-16,27,33H,17-18H2,1H3. The van der Waals surface area contributed by atoms with Crippen molar-refractivity contribution in [2.45, 2.75) is 26.1 Å². The van der Waals surface area contributed by atoms with Crippen LogP contribution in [0.4, 0.5) is 4.39 Å². The predicted octanol–water partition coefficient (Wildman–Crippen LogP) is 5.93. The first-order valence-electron chi connectivity index (χ1n) is 11.8. The van der Waals surface area contributed by atoms with Crippen LogP contribution in [0, 0.1) is 12.7 Å². The summed E-state index contributed by atoms with van der Waals surface area (Å²) in [6.07, 6.45) is 1.45. The molecule has 0 spiro atoms. The molecular weight excluding hydrogens is 473 g/mol. The van der Waals surface area contributed by atoms with E-state index in [1.807, 2.05) is 31.2 Å². The molecular formula is C30H24FNO5. The first kappa shape index (κ1) is 24.1. The second kappa shape index (κ2) is 10.1. The van der Waals surface area contributed by atoms with Crippen LogP contribution in [0.1, 0.15) is 34.1 Å². The van der Waals surface area contributed by atoms with Crippen molar-refractivity contribution in [3.8, 4) is 5.75 Å². The summed E-state index contributed by atoms with van der Waals surface area (Å²) in [5.74, 6) is -1.72. The van der Waals surface area contributed by atoms with Crippen LogP contribution >= 0.6 is 0 Å². The molecule has 5 rings (SSSR count). The maximum Gasteiger partial charge on any atom is 0.296 e. The van der Waals surface area contributed by atoms with Gasteiger partial charge in [-0.1, -0.05) is 48.0 Å². The van der Waals surface area contributed by atoms with Crippen LogP contribution in [0.5, 0.6) is 5.75 Å². The van der Waals surface area contributed by atoms with E-state index in [0.29, 0.717) is 23.7 Å². The Morgan fingerprint density at radius 1 is 1.00 bits per heavy atom. The van der Waals surface area contributed by atoms with E-state index in [0.717, 1.165) is 11.1 Å². The normalized spacial score (nSPS) is 16.8. The molecule has 1 saturated heterocycles. The summed E-state index contributed by atoms with van der Waals surface area (Å²) in [4.78, 5) is 27.4. The summed E-state index contributed by atoms with van der Waals surface area (Å²) in [6.45, 7) is 2.32. The lowest BCUT2D eigenvalue weighted by Crippen LogP contribution is -2.29. The molecule has 1 amide bonds. The van der Waals surface area contributed by atoms with Crippen molar-refractivity contribution in [2.75, 3.05) is 0 Å². The maximum absolute atomic E-state index is 14.9. The Kier molecular flexibility index (Phi) is 6.60. The Bertz CT molecular complexity index is 1470. The number of aliphatic hydroxyl groups excluding tert-OH is 1. The molecule has 3 aromatic carbocycles. The molecule has 0 saturated carbocycles. The number of aliphatic hydroxyl groups is 1. The van der Waals surface area contributed by atoms with Crippen molar-refractivity contribution in [1.29, 1.82) is 0 Å².